The Labute approximate surface area is 240 Å². The molecule has 4 aromatic rings. The molecule has 8 heteroatoms. The number of rotatable bonds is 7. The van der Waals surface area contributed by atoms with Crippen molar-refractivity contribution in [3.8, 4) is 5.69 Å². The number of amides is 1. The molecule has 1 fully saturated rings. The Hall–Kier alpha value is -3.68. The third-order valence-electron chi connectivity index (χ3n) is 7.31. The van der Waals surface area contributed by atoms with E-state index in [1.54, 1.807) is 6.20 Å². The van der Waals surface area contributed by atoms with Gasteiger partial charge in [-0.1, -0.05) is 41.4 Å². The number of carbonyl (C=O) groups excluding carboxylic acids is 1. The molecule has 1 aliphatic rings. The number of thiocarbonyl (C=S) groups is 1. The van der Waals surface area contributed by atoms with Crippen molar-refractivity contribution in [1.82, 2.24) is 19.8 Å². The molecule has 200 valence electrons. The Balaban J connectivity index is 1.48. The summed E-state index contributed by atoms with van der Waals surface area (Å²) in [5.74, 6) is -0.0540. The summed E-state index contributed by atoms with van der Waals surface area (Å²) in [5.41, 5.74) is 8.36. The highest BCUT2D eigenvalue weighted by Crippen LogP contribution is 2.41. The first kappa shape index (κ1) is 26.9. The van der Waals surface area contributed by atoms with E-state index in [0.717, 1.165) is 45.1 Å². The molecule has 2 aromatic carbocycles. The standard InChI is InChI=1S/C31H32ClN5OS/c1-19-8-12-24(13-9-19)34-28(38)14-16-36-30(29(35-31(36)39)26-7-5-6-15-33-26)25-17-21(3)37(22(25)4)27-18-23(32)11-10-20(27)2/h5-13,15,17-18,29-30H,14,16H2,1-4H3,(H,34,38)(H,35,39)/t29-,30-/m1/s1. The number of nitrogens with one attached hydrogen (secondary N) is 2. The molecule has 0 unspecified atom stereocenters. The monoisotopic (exact) mass is 557 g/mol. The molecule has 3 heterocycles. The van der Waals surface area contributed by atoms with Crippen LogP contribution in [0.25, 0.3) is 5.69 Å². The van der Waals surface area contributed by atoms with Crippen LogP contribution < -0.4 is 10.6 Å². The molecule has 0 spiro atoms. The number of benzene rings is 2. The third kappa shape index (κ3) is 5.56. The van der Waals surface area contributed by atoms with Crippen LogP contribution in [0.3, 0.4) is 0 Å². The van der Waals surface area contributed by atoms with Gasteiger partial charge in [0, 0.05) is 46.9 Å². The minimum Gasteiger partial charge on any atom is -0.352 e. The fraction of sp³-hybridized carbons (Fsp3) is 0.258. The van der Waals surface area contributed by atoms with E-state index in [-0.39, 0.29) is 18.0 Å². The van der Waals surface area contributed by atoms with Crippen molar-refractivity contribution in [1.29, 1.82) is 0 Å². The Morgan fingerprint density at radius 1 is 1.05 bits per heavy atom. The zero-order chi connectivity index (χ0) is 27.7. The van der Waals surface area contributed by atoms with Crippen molar-refractivity contribution in [2.45, 2.75) is 46.2 Å². The van der Waals surface area contributed by atoms with E-state index in [1.165, 1.54) is 0 Å². The van der Waals surface area contributed by atoms with Crippen LogP contribution in [0, 0.1) is 27.7 Å². The first-order valence-electron chi connectivity index (χ1n) is 13.0. The summed E-state index contributed by atoms with van der Waals surface area (Å²) in [7, 11) is 0. The quantitative estimate of drug-likeness (QED) is 0.246. The van der Waals surface area contributed by atoms with E-state index in [0.29, 0.717) is 23.1 Å². The van der Waals surface area contributed by atoms with Gasteiger partial charge in [0.1, 0.15) is 0 Å². The molecule has 2 N–H and O–H groups in total. The summed E-state index contributed by atoms with van der Waals surface area (Å²) in [4.78, 5) is 19.7. The predicted molar refractivity (Wildman–Crippen MR) is 162 cm³/mol. The zero-order valence-electron chi connectivity index (χ0n) is 22.5. The number of aryl methyl sites for hydroxylation is 3. The fourth-order valence-electron chi connectivity index (χ4n) is 5.35. The maximum absolute atomic E-state index is 12.9. The van der Waals surface area contributed by atoms with Crippen molar-refractivity contribution in [3.63, 3.8) is 0 Å². The summed E-state index contributed by atoms with van der Waals surface area (Å²) in [6.07, 6.45) is 2.10. The van der Waals surface area contributed by atoms with Gasteiger partial charge in [0.2, 0.25) is 5.91 Å². The summed E-state index contributed by atoms with van der Waals surface area (Å²) in [6, 6.07) is 21.6. The Morgan fingerprint density at radius 3 is 2.54 bits per heavy atom. The lowest BCUT2D eigenvalue weighted by molar-refractivity contribution is -0.116. The van der Waals surface area contributed by atoms with Crippen LogP contribution in [-0.4, -0.2) is 32.0 Å². The van der Waals surface area contributed by atoms with Crippen LogP contribution in [0.4, 0.5) is 5.69 Å². The molecule has 1 saturated heterocycles. The van der Waals surface area contributed by atoms with Crippen molar-refractivity contribution in [3.05, 3.63) is 112 Å². The molecular formula is C31H32ClN5OS. The third-order valence-corrected chi connectivity index (χ3v) is 7.90. The molecule has 0 saturated carbocycles. The minimum absolute atomic E-state index is 0.0540. The van der Waals surface area contributed by atoms with Crippen LogP contribution >= 0.6 is 23.8 Å². The first-order chi connectivity index (χ1) is 18.7. The lowest BCUT2D eigenvalue weighted by atomic mass is 9.96. The molecule has 39 heavy (non-hydrogen) atoms. The summed E-state index contributed by atoms with van der Waals surface area (Å²) >= 11 is 12.2. The highest BCUT2D eigenvalue weighted by atomic mass is 35.5. The molecule has 6 nitrogen and oxygen atoms in total. The van der Waals surface area contributed by atoms with Gasteiger partial charge in [0.05, 0.1) is 17.8 Å². The van der Waals surface area contributed by atoms with Gasteiger partial charge in [0.25, 0.3) is 0 Å². The molecule has 1 amide bonds. The van der Waals surface area contributed by atoms with Crippen LogP contribution in [0.5, 0.6) is 0 Å². The lowest BCUT2D eigenvalue weighted by Crippen LogP contribution is -2.32. The SMILES string of the molecule is Cc1ccc(NC(=O)CCN2C(=S)N[C@H](c3ccccn3)[C@H]2c2cc(C)n(-c3cc(Cl)ccc3C)c2C)cc1. The topological polar surface area (TPSA) is 62.2 Å². The van der Waals surface area contributed by atoms with Crippen molar-refractivity contribution >= 4 is 40.5 Å². The van der Waals surface area contributed by atoms with E-state index < -0.39 is 0 Å². The average Bonchev–Trinajstić information content (AvgIpc) is 3.40. The number of aromatic nitrogens is 2. The smallest absolute Gasteiger partial charge is 0.226 e. The Kier molecular flexibility index (Phi) is 7.73. The largest absolute Gasteiger partial charge is 0.352 e. The van der Waals surface area contributed by atoms with Crippen LogP contribution in [0.2, 0.25) is 5.02 Å². The van der Waals surface area contributed by atoms with Gasteiger partial charge in [-0.2, -0.15) is 0 Å². The average molecular weight is 558 g/mol. The van der Waals surface area contributed by atoms with Gasteiger partial charge in [0.15, 0.2) is 5.11 Å². The van der Waals surface area contributed by atoms with E-state index >= 15 is 0 Å². The second kappa shape index (κ2) is 11.2. The van der Waals surface area contributed by atoms with E-state index in [2.05, 4.69) is 51.9 Å². The lowest BCUT2D eigenvalue weighted by Gasteiger charge is -2.28. The molecule has 0 radical (unpaired) electrons. The van der Waals surface area contributed by atoms with Gasteiger partial charge >= 0.3 is 0 Å². The normalized spacial score (nSPS) is 16.8. The van der Waals surface area contributed by atoms with Crippen molar-refractivity contribution in [2.24, 2.45) is 0 Å². The first-order valence-corrected chi connectivity index (χ1v) is 13.8. The van der Waals surface area contributed by atoms with Crippen molar-refractivity contribution < 1.29 is 4.79 Å². The van der Waals surface area contributed by atoms with Gasteiger partial charge in [-0.15, -0.1) is 0 Å². The Bertz CT molecular complexity index is 1520. The second-order valence-corrected chi connectivity index (χ2v) is 10.9. The predicted octanol–water partition coefficient (Wildman–Crippen LogP) is 6.76. The summed E-state index contributed by atoms with van der Waals surface area (Å²) in [6.45, 7) is 8.81. The van der Waals surface area contributed by atoms with Crippen molar-refractivity contribution in [2.75, 3.05) is 11.9 Å². The molecule has 1 aliphatic heterocycles. The molecule has 2 atom stereocenters. The summed E-state index contributed by atoms with van der Waals surface area (Å²) < 4.78 is 2.25. The highest BCUT2D eigenvalue weighted by molar-refractivity contribution is 7.80. The van der Waals surface area contributed by atoms with E-state index in [9.17, 15) is 4.79 Å². The number of hydrogen-bond donors (Lipinski definition) is 2. The second-order valence-electron chi connectivity index (χ2n) is 10.1. The maximum atomic E-state index is 12.9. The number of carbonyl (C=O) groups is 1. The number of hydrogen-bond acceptors (Lipinski definition) is 3. The minimum atomic E-state index is -0.159. The maximum Gasteiger partial charge on any atom is 0.226 e. The number of anilines is 1. The van der Waals surface area contributed by atoms with Gasteiger partial charge in [-0.05, 0) is 93.5 Å². The fourth-order valence-corrected chi connectivity index (χ4v) is 5.85. The molecular weight excluding hydrogens is 526 g/mol. The zero-order valence-corrected chi connectivity index (χ0v) is 24.1. The number of nitrogens with zero attached hydrogens (tertiary/aromatic N) is 3. The molecule has 0 bridgehead atoms. The van der Waals surface area contributed by atoms with Crippen LogP contribution in [0.15, 0.2) is 72.9 Å². The van der Waals surface area contributed by atoms with Gasteiger partial charge < -0.3 is 20.1 Å². The number of halogens is 1. The molecule has 5 rings (SSSR count). The van der Waals surface area contributed by atoms with E-state index in [1.807, 2.05) is 67.6 Å². The van der Waals surface area contributed by atoms with Crippen LogP contribution in [-0.2, 0) is 4.79 Å². The highest BCUT2D eigenvalue weighted by Gasteiger charge is 2.41. The van der Waals surface area contributed by atoms with Gasteiger partial charge in [-0.3, -0.25) is 9.78 Å². The molecule has 2 aromatic heterocycles. The summed E-state index contributed by atoms with van der Waals surface area (Å²) in [5, 5.41) is 7.81. The van der Waals surface area contributed by atoms with E-state index in [4.69, 9.17) is 23.8 Å². The number of pyridine rings is 1. The van der Waals surface area contributed by atoms with Gasteiger partial charge in [-0.25, -0.2) is 0 Å². The molecule has 0 aliphatic carbocycles. The van der Waals surface area contributed by atoms with Crippen LogP contribution in [0.1, 0.15) is 52.3 Å². The Morgan fingerprint density at radius 2 is 1.82 bits per heavy atom.